The van der Waals surface area contributed by atoms with Crippen LogP contribution in [-0.2, 0) is 0 Å². The van der Waals surface area contributed by atoms with E-state index < -0.39 is 0 Å². The maximum atomic E-state index is 3.58. The second-order valence-corrected chi connectivity index (χ2v) is 8.68. The lowest BCUT2D eigenvalue weighted by molar-refractivity contribution is 1.85. The lowest BCUT2D eigenvalue weighted by Crippen LogP contribution is -1.61. The molecule has 3 heterocycles. The second-order valence-electron chi connectivity index (χ2n) is 3.37. The first kappa shape index (κ1) is 12.1. The Morgan fingerprint density at radius 2 is 1.47 bits per heavy atom. The molecule has 3 rings (SSSR count). The summed E-state index contributed by atoms with van der Waals surface area (Å²) >= 11 is 12.5. The zero-order valence-electron chi connectivity index (χ0n) is 8.44. The first-order chi connectivity index (χ1) is 8.24. The molecule has 0 bridgehead atoms. The third kappa shape index (κ3) is 2.44. The van der Waals surface area contributed by atoms with Gasteiger partial charge in [-0.1, -0.05) is 0 Å². The van der Waals surface area contributed by atoms with E-state index in [1.165, 1.54) is 27.8 Å². The van der Waals surface area contributed by atoms with Crippen LogP contribution in [0.15, 0.2) is 44.0 Å². The van der Waals surface area contributed by atoms with Crippen molar-refractivity contribution in [2.75, 3.05) is 0 Å². The SMILES string of the molecule is Brc1ccc(-c2ccc(-c3sccc3Br)s2)s1. The Morgan fingerprint density at radius 3 is 2.12 bits per heavy atom. The molecule has 0 aliphatic heterocycles. The van der Waals surface area contributed by atoms with Crippen LogP contribution in [0.1, 0.15) is 0 Å². The Morgan fingerprint density at radius 1 is 0.765 bits per heavy atom. The number of rotatable bonds is 2. The van der Waals surface area contributed by atoms with Gasteiger partial charge < -0.3 is 0 Å². The van der Waals surface area contributed by atoms with Crippen molar-refractivity contribution in [3.8, 4) is 19.5 Å². The molecule has 0 saturated carbocycles. The van der Waals surface area contributed by atoms with E-state index in [4.69, 9.17) is 0 Å². The second kappa shape index (κ2) is 4.97. The van der Waals surface area contributed by atoms with E-state index in [-0.39, 0.29) is 0 Å². The van der Waals surface area contributed by atoms with Crippen molar-refractivity contribution in [2.24, 2.45) is 0 Å². The summed E-state index contributed by atoms with van der Waals surface area (Å²) < 4.78 is 2.36. The molecule has 0 fully saturated rings. The number of halogens is 2. The molecule has 0 atom stereocenters. The molecule has 17 heavy (non-hydrogen) atoms. The molecule has 0 radical (unpaired) electrons. The molecule has 0 saturated heterocycles. The molecule has 3 aromatic rings. The van der Waals surface area contributed by atoms with Crippen molar-refractivity contribution < 1.29 is 0 Å². The van der Waals surface area contributed by atoms with Crippen LogP contribution in [-0.4, -0.2) is 0 Å². The minimum atomic E-state index is 1.18. The van der Waals surface area contributed by atoms with E-state index in [1.807, 2.05) is 11.3 Å². The molecule has 5 heteroatoms. The van der Waals surface area contributed by atoms with Crippen LogP contribution in [0.25, 0.3) is 19.5 Å². The molecule has 0 spiro atoms. The molecule has 3 aromatic heterocycles. The highest BCUT2D eigenvalue weighted by atomic mass is 79.9. The van der Waals surface area contributed by atoms with Crippen molar-refractivity contribution in [2.45, 2.75) is 0 Å². The zero-order chi connectivity index (χ0) is 11.8. The highest BCUT2D eigenvalue weighted by Gasteiger charge is 2.10. The third-order valence-electron chi connectivity index (χ3n) is 2.26. The summed E-state index contributed by atoms with van der Waals surface area (Å²) in [6.45, 7) is 0. The highest BCUT2D eigenvalue weighted by molar-refractivity contribution is 9.11. The Kier molecular flexibility index (Phi) is 3.54. The molecule has 86 valence electrons. The molecule has 0 unspecified atom stereocenters. The summed E-state index contributed by atoms with van der Waals surface area (Å²) in [7, 11) is 0. The third-order valence-corrected chi connectivity index (χ3v) is 7.19. The quantitative estimate of drug-likeness (QED) is 0.443. The van der Waals surface area contributed by atoms with Crippen LogP contribution in [0.4, 0.5) is 0 Å². The Bertz CT molecular complexity index is 648. The first-order valence-corrected chi connectivity index (χ1v) is 8.93. The van der Waals surface area contributed by atoms with Crippen LogP contribution in [0.2, 0.25) is 0 Å². The van der Waals surface area contributed by atoms with Gasteiger partial charge in [0.15, 0.2) is 0 Å². The fraction of sp³-hybridized carbons (Fsp3) is 0. The van der Waals surface area contributed by atoms with E-state index in [9.17, 15) is 0 Å². The predicted octanol–water partition coefficient (Wildman–Crippen LogP) is 6.73. The minimum absolute atomic E-state index is 1.18. The molecule has 0 N–H and O–H groups in total. The largest absolute Gasteiger partial charge is 0.142 e. The van der Waals surface area contributed by atoms with Gasteiger partial charge in [-0.25, -0.2) is 0 Å². The van der Waals surface area contributed by atoms with Gasteiger partial charge in [-0.05, 0) is 67.6 Å². The van der Waals surface area contributed by atoms with Crippen LogP contribution in [0.3, 0.4) is 0 Å². The maximum Gasteiger partial charge on any atom is 0.0705 e. The lowest BCUT2D eigenvalue weighted by atomic mass is 10.3. The summed E-state index contributed by atoms with van der Waals surface area (Å²) in [4.78, 5) is 5.29. The van der Waals surface area contributed by atoms with Crippen molar-refractivity contribution >= 4 is 65.9 Å². The molecule has 0 aliphatic carbocycles. The van der Waals surface area contributed by atoms with E-state index in [0.29, 0.717) is 0 Å². The summed E-state index contributed by atoms with van der Waals surface area (Å²) in [6.07, 6.45) is 0. The molecule has 0 aromatic carbocycles. The monoisotopic (exact) mass is 404 g/mol. The predicted molar refractivity (Wildman–Crippen MR) is 86.3 cm³/mol. The van der Waals surface area contributed by atoms with E-state index >= 15 is 0 Å². The summed E-state index contributed by atoms with van der Waals surface area (Å²) in [5, 5.41) is 2.11. The molecule has 0 aliphatic rings. The summed E-state index contributed by atoms with van der Waals surface area (Å²) in [5.74, 6) is 0. The lowest BCUT2D eigenvalue weighted by Gasteiger charge is -1.92. The number of thiophene rings is 3. The van der Waals surface area contributed by atoms with E-state index in [0.717, 1.165) is 0 Å². The minimum Gasteiger partial charge on any atom is -0.142 e. The van der Waals surface area contributed by atoms with Crippen molar-refractivity contribution in [3.05, 3.63) is 44.0 Å². The normalized spacial score (nSPS) is 10.9. The number of hydrogen-bond acceptors (Lipinski definition) is 3. The van der Waals surface area contributed by atoms with E-state index in [2.05, 4.69) is 67.6 Å². The topological polar surface area (TPSA) is 0 Å². The Labute approximate surface area is 128 Å². The van der Waals surface area contributed by atoms with Crippen LogP contribution in [0.5, 0.6) is 0 Å². The van der Waals surface area contributed by atoms with Gasteiger partial charge in [0.25, 0.3) is 0 Å². The van der Waals surface area contributed by atoms with Crippen LogP contribution in [0, 0.1) is 0 Å². The van der Waals surface area contributed by atoms with Gasteiger partial charge in [0, 0.05) is 19.1 Å². The van der Waals surface area contributed by atoms with E-state index in [1.54, 1.807) is 22.7 Å². The fourth-order valence-corrected chi connectivity index (χ4v) is 5.85. The highest BCUT2D eigenvalue weighted by Crippen LogP contribution is 2.42. The van der Waals surface area contributed by atoms with Gasteiger partial charge in [0.2, 0.25) is 0 Å². The average Bonchev–Trinajstić information content (AvgIpc) is 2.97. The van der Waals surface area contributed by atoms with Gasteiger partial charge >= 0.3 is 0 Å². The first-order valence-electron chi connectivity index (χ1n) is 4.83. The molecule has 0 amide bonds. The van der Waals surface area contributed by atoms with Gasteiger partial charge in [-0.15, -0.1) is 34.0 Å². The molecular formula is C12H6Br2S3. The molecule has 0 nitrogen and oxygen atoms in total. The maximum absolute atomic E-state index is 3.58. The Hall–Kier alpha value is 0.0600. The fourth-order valence-electron chi connectivity index (χ4n) is 1.51. The van der Waals surface area contributed by atoms with Gasteiger partial charge in [-0.3, -0.25) is 0 Å². The average molecular weight is 406 g/mol. The summed E-state index contributed by atoms with van der Waals surface area (Å²) in [6, 6.07) is 10.8. The van der Waals surface area contributed by atoms with Crippen molar-refractivity contribution in [1.29, 1.82) is 0 Å². The summed E-state index contributed by atoms with van der Waals surface area (Å²) in [5.41, 5.74) is 0. The van der Waals surface area contributed by atoms with Crippen LogP contribution < -0.4 is 0 Å². The van der Waals surface area contributed by atoms with Crippen molar-refractivity contribution in [1.82, 2.24) is 0 Å². The van der Waals surface area contributed by atoms with Gasteiger partial charge in [0.1, 0.15) is 0 Å². The zero-order valence-corrected chi connectivity index (χ0v) is 14.1. The standard InChI is InChI=1S/C12H6Br2S3/c13-7-5-6-15-12(7)10-2-1-8(16-10)9-3-4-11(14)17-9/h1-6H. The number of hydrogen-bond donors (Lipinski definition) is 0. The Balaban J connectivity index is 2.01. The van der Waals surface area contributed by atoms with Gasteiger partial charge in [-0.2, -0.15) is 0 Å². The van der Waals surface area contributed by atoms with Gasteiger partial charge in [0.05, 0.1) is 8.66 Å². The van der Waals surface area contributed by atoms with Crippen LogP contribution >= 0.6 is 65.9 Å². The molecular weight excluding hydrogens is 400 g/mol. The van der Waals surface area contributed by atoms with Crippen molar-refractivity contribution in [3.63, 3.8) is 0 Å². The smallest absolute Gasteiger partial charge is 0.0705 e.